The van der Waals surface area contributed by atoms with Crippen LogP contribution in [0.4, 0.5) is 8.78 Å². The Morgan fingerprint density at radius 1 is 1.17 bits per heavy atom. The van der Waals surface area contributed by atoms with Gasteiger partial charge in [0.2, 0.25) is 0 Å². The van der Waals surface area contributed by atoms with Crippen LogP contribution in [0.5, 0.6) is 0 Å². The number of nitrogens with zero attached hydrogens (tertiary/aromatic N) is 3. The molecule has 0 aliphatic rings. The third-order valence-corrected chi connectivity index (χ3v) is 3.66. The Labute approximate surface area is 131 Å². The third kappa shape index (κ3) is 3.29. The highest BCUT2D eigenvalue weighted by Gasteiger charge is 2.10. The molecule has 0 atom stereocenters. The van der Waals surface area contributed by atoms with Crippen molar-refractivity contribution >= 4 is 5.65 Å². The average Bonchev–Trinajstić information content (AvgIpc) is 2.99. The van der Waals surface area contributed by atoms with Crippen molar-refractivity contribution in [3.05, 3.63) is 69.8 Å². The Kier molecular flexibility index (Phi) is 4.20. The van der Waals surface area contributed by atoms with Crippen LogP contribution in [0.2, 0.25) is 0 Å². The summed E-state index contributed by atoms with van der Waals surface area (Å²) in [5.74, 6) is -1.71. The molecule has 0 bridgehead atoms. The zero-order chi connectivity index (χ0) is 16.4. The molecule has 0 saturated carbocycles. The van der Waals surface area contributed by atoms with Gasteiger partial charge in [0, 0.05) is 31.4 Å². The van der Waals surface area contributed by atoms with E-state index in [1.54, 1.807) is 18.3 Å². The second-order valence-corrected chi connectivity index (χ2v) is 5.29. The standard InChI is InChI=1S/C16H16F2N4O/c1-2-21(9-11-3-4-13(17)14(18)7-11)10-12-8-16(23)22-15(20-12)5-6-19-22/h3-8,19H,2,9-10H2,1H3. The van der Waals surface area contributed by atoms with Crippen LogP contribution in [0.1, 0.15) is 18.2 Å². The number of hydrogen-bond donors (Lipinski definition) is 1. The van der Waals surface area contributed by atoms with Crippen molar-refractivity contribution in [3.63, 3.8) is 0 Å². The minimum atomic E-state index is -0.858. The molecule has 0 aliphatic heterocycles. The topological polar surface area (TPSA) is 53.4 Å². The predicted molar refractivity (Wildman–Crippen MR) is 82.0 cm³/mol. The van der Waals surface area contributed by atoms with Gasteiger partial charge in [-0.3, -0.25) is 14.8 Å². The van der Waals surface area contributed by atoms with Crippen LogP contribution in [-0.4, -0.2) is 26.0 Å². The summed E-state index contributed by atoms with van der Waals surface area (Å²) in [5, 5.41) is 2.78. The third-order valence-electron chi connectivity index (χ3n) is 3.66. The molecule has 0 unspecified atom stereocenters. The van der Waals surface area contributed by atoms with Crippen molar-refractivity contribution in [1.29, 1.82) is 0 Å². The average molecular weight is 318 g/mol. The van der Waals surface area contributed by atoms with E-state index in [4.69, 9.17) is 0 Å². The number of fused-ring (bicyclic) bond motifs is 1. The van der Waals surface area contributed by atoms with Gasteiger partial charge in [0.1, 0.15) is 0 Å². The molecule has 120 valence electrons. The van der Waals surface area contributed by atoms with Crippen molar-refractivity contribution in [2.75, 3.05) is 6.54 Å². The Balaban J connectivity index is 1.80. The maximum atomic E-state index is 13.3. The van der Waals surface area contributed by atoms with Gasteiger partial charge in [-0.15, -0.1) is 0 Å². The summed E-state index contributed by atoms with van der Waals surface area (Å²) >= 11 is 0. The molecule has 0 saturated heterocycles. The van der Waals surface area contributed by atoms with Gasteiger partial charge in [0.25, 0.3) is 5.56 Å². The van der Waals surface area contributed by atoms with E-state index in [1.807, 2.05) is 11.8 Å². The largest absolute Gasteiger partial charge is 0.297 e. The first kappa shape index (κ1) is 15.4. The van der Waals surface area contributed by atoms with Crippen molar-refractivity contribution < 1.29 is 8.78 Å². The molecule has 0 aliphatic carbocycles. The maximum Gasteiger partial charge on any atom is 0.272 e. The van der Waals surface area contributed by atoms with E-state index in [1.165, 1.54) is 16.6 Å². The van der Waals surface area contributed by atoms with Crippen LogP contribution in [-0.2, 0) is 13.1 Å². The number of aromatic amines is 1. The Morgan fingerprint density at radius 3 is 2.74 bits per heavy atom. The molecular weight excluding hydrogens is 302 g/mol. The first-order valence-electron chi connectivity index (χ1n) is 7.29. The maximum absolute atomic E-state index is 13.3. The summed E-state index contributed by atoms with van der Waals surface area (Å²) in [5.41, 5.74) is 1.68. The van der Waals surface area contributed by atoms with Crippen LogP contribution in [0.3, 0.4) is 0 Å². The van der Waals surface area contributed by atoms with Gasteiger partial charge in [-0.25, -0.2) is 18.3 Å². The lowest BCUT2D eigenvalue weighted by Gasteiger charge is -2.20. The normalized spacial score (nSPS) is 11.5. The van der Waals surface area contributed by atoms with Gasteiger partial charge in [0.05, 0.1) is 5.69 Å². The zero-order valence-electron chi connectivity index (χ0n) is 12.6. The number of hydrogen-bond acceptors (Lipinski definition) is 3. The molecule has 3 rings (SSSR count). The number of aromatic nitrogens is 3. The predicted octanol–water partition coefficient (Wildman–Crippen LogP) is 2.32. The van der Waals surface area contributed by atoms with Crippen LogP contribution in [0.25, 0.3) is 5.65 Å². The molecule has 0 spiro atoms. The molecule has 5 nitrogen and oxygen atoms in total. The lowest BCUT2D eigenvalue weighted by Crippen LogP contribution is -2.25. The van der Waals surface area contributed by atoms with Crippen molar-refractivity contribution in [2.45, 2.75) is 20.0 Å². The van der Waals surface area contributed by atoms with Gasteiger partial charge in [-0.1, -0.05) is 13.0 Å². The van der Waals surface area contributed by atoms with E-state index in [0.29, 0.717) is 36.5 Å². The quantitative estimate of drug-likeness (QED) is 0.785. The van der Waals surface area contributed by atoms with Gasteiger partial charge in [-0.2, -0.15) is 0 Å². The monoisotopic (exact) mass is 318 g/mol. The molecule has 1 aromatic carbocycles. The molecule has 2 heterocycles. The van der Waals surface area contributed by atoms with Crippen molar-refractivity contribution in [2.24, 2.45) is 0 Å². The van der Waals surface area contributed by atoms with Crippen LogP contribution >= 0.6 is 0 Å². The SMILES string of the molecule is CCN(Cc1ccc(F)c(F)c1)Cc1cc(=O)n2[nH]ccc2n1. The fourth-order valence-corrected chi connectivity index (χ4v) is 2.46. The molecule has 0 fully saturated rings. The lowest BCUT2D eigenvalue weighted by atomic mass is 10.2. The fraction of sp³-hybridized carbons (Fsp3) is 0.250. The number of benzene rings is 1. The summed E-state index contributed by atoms with van der Waals surface area (Å²) in [7, 11) is 0. The van der Waals surface area contributed by atoms with E-state index in [2.05, 4.69) is 10.1 Å². The van der Waals surface area contributed by atoms with Gasteiger partial charge in [-0.05, 0) is 24.2 Å². The van der Waals surface area contributed by atoms with Crippen LogP contribution < -0.4 is 5.56 Å². The number of rotatable bonds is 5. The summed E-state index contributed by atoms with van der Waals surface area (Å²) in [6, 6.07) is 7.05. The molecule has 0 amide bonds. The molecule has 2 aromatic heterocycles. The fourth-order valence-electron chi connectivity index (χ4n) is 2.46. The molecule has 0 radical (unpaired) electrons. The Bertz CT molecular complexity index is 887. The second kappa shape index (κ2) is 6.29. The summed E-state index contributed by atoms with van der Waals surface area (Å²) in [4.78, 5) is 18.4. The van der Waals surface area contributed by atoms with Crippen molar-refractivity contribution in [3.8, 4) is 0 Å². The van der Waals surface area contributed by atoms with E-state index in [0.717, 1.165) is 6.07 Å². The van der Waals surface area contributed by atoms with E-state index in [9.17, 15) is 13.6 Å². The Hall–Kier alpha value is -2.54. The first-order chi connectivity index (χ1) is 11.1. The highest BCUT2D eigenvalue weighted by molar-refractivity contribution is 5.36. The highest BCUT2D eigenvalue weighted by Crippen LogP contribution is 2.12. The van der Waals surface area contributed by atoms with Crippen molar-refractivity contribution in [1.82, 2.24) is 19.5 Å². The minimum absolute atomic E-state index is 0.182. The molecule has 7 heteroatoms. The van der Waals surface area contributed by atoms with E-state index >= 15 is 0 Å². The smallest absolute Gasteiger partial charge is 0.272 e. The van der Waals surface area contributed by atoms with E-state index < -0.39 is 11.6 Å². The number of halogens is 2. The summed E-state index contributed by atoms with van der Waals surface area (Å²) in [6.07, 6.45) is 1.65. The molecule has 23 heavy (non-hydrogen) atoms. The minimum Gasteiger partial charge on any atom is -0.297 e. The zero-order valence-corrected chi connectivity index (χ0v) is 12.6. The van der Waals surface area contributed by atoms with Crippen LogP contribution in [0, 0.1) is 11.6 Å². The van der Waals surface area contributed by atoms with Crippen LogP contribution in [0.15, 0.2) is 41.3 Å². The summed E-state index contributed by atoms with van der Waals surface area (Å²) < 4.78 is 27.6. The highest BCUT2D eigenvalue weighted by atomic mass is 19.2. The van der Waals surface area contributed by atoms with Gasteiger partial charge >= 0.3 is 0 Å². The molecular formula is C16H16F2N4O. The van der Waals surface area contributed by atoms with Gasteiger partial charge < -0.3 is 0 Å². The second-order valence-electron chi connectivity index (χ2n) is 5.29. The summed E-state index contributed by atoms with van der Waals surface area (Å²) in [6.45, 7) is 3.54. The van der Waals surface area contributed by atoms with E-state index in [-0.39, 0.29) is 5.56 Å². The number of nitrogens with one attached hydrogen (secondary N) is 1. The first-order valence-corrected chi connectivity index (χ1v) is 7.29. The molecule has 3 aromatic rings. The molecule has 1 N–H and O–H groups in total. The number of H-pyrrole nitrogens is 1. The Morgan fingerprint density at radius 2 is 2.00 bits per heavy atom. The lowest BCUT2D eigenvalue weighted by molar-refractivity contribution is 0.267. The van der Waals surface area contributed by atoms with Gasteiger partial charge in [0.15, 0.2) is 17.3 Å².